The van der Waals surface area contributed by atoms with E-state index >= 15 is 0 Å². The predicted molar refractivity (Wildman–Crippen MR) is 108 cm³/mol. The van der Waals surface area contributed by atoms with Crippen molar-refractivity contribution < 1.29 is 4.74 Å². The zero-order chi connectivity index (χ0) is 15.6. The Morgan fingerprint density at radius 2 is 1.91 bits per heavy atom. The van der Waals surface area contributed by atoms with Gasteiger partial charge in [-0.15, -0.1) is 24.0 Å². The molecule has 1 fully saturated rings. The zero-order valence-corrected chi connectivity index (χ0v) is 16.7. The summed E-state index contributed by atoms with van der Waals surface area (Å²) in [5, 5.41) is 3.47. The fourth-order valence-electron chi connectivity index (χ4n) is 2.69. The number of likely N-dealkylation sites (tertiary alicyclic amines) is 1. The topological polar surface area (TPSA) is 36.9 Å². The van der Waals surface area contributed by atoms with Crippen molar-refractivity contribution in [3.63, 3.8) is 0 Å². The number of hydrogen-bond donors (Lipinski definition) is 1. The van der Waals surface area contributed by atoms with E-state index in [1.165, 1.54) is 12.8 Å². The highest BCUT2D eigenvalue weighted by atomic mass is 127. The van der Waals surface area contributed by atoms with Crippen LogP contribution < -0.4 is 10.1 Å². The van der Waals surface area contributed by atoms with Crippen molar-refractivity contribution in [1.82, 2.24) is 10.2 Å². The molecule has 0 bridgehead atoms. The molecular weight excluding hydrogens is 401 g/mol. The van der Waals surface area contributed by atoms with E-state index in [0.717, 1.165) is 56.7 Å². The molecule has 1 aromatic carbocycles. The molecule has 2 rings (SSSR count). The predicted octanol–water partition coefficient (Wildman–Crippen LogP) is 3.77. The van der Waals surface area contributed by atoms with Gasteiger partial charge in [-0.2, -0.15) is 0 Å². The summed E-state index contributed by atoms with van der Waals surface area (Å²) >= 11 is 0. The summed E-state index contributed by atoms with van der Waals surface area (Å²) in [6.45, 7) is 6.30. The molecule has 0 unspecified atom stereocenters. The molecule has 1 aliphatic heterocycles. The van der Waals surface area contributed by atoms with Crippen molar-refractivity contribution in [2.45, 2.75) is 32.6 Å². The van der Waals surface area contributed by atoms with E-state index in [2.05, 4.69) is 22.1 Å². The second-order valence-electron chi connectivity index (χ2n) is 6.01. The first-order valence-electron chi connectivity index (χ1n) is 8.43. The van der Waals surface area contributed by atoms with Gasteiger partial charge in [0.1, 0.15) is 5.75 Å². The van der Waals surface area contributed by atoms with Crippen LogP contribution in [0.1, 0.15) is 32.6 Å². The van der Waals surface area contributed by atoms with Crippen molar-refractivity contribution in [3.8, 4) is 5.75 Å². The Hall–Kier alpha value is -0.980. The van der Waals surface area contributed by atoms with E-state index in [4.69, 9.17) is 4.74 Å². The van der Waals surface area contributed by atoms with Gasteiger partial charge in [0.05, 0.1) is 6.61 Å². The third kappa shape index (κ3) is 7.42. The molecule has 1 aromatic rings. The normalized spacial score (nSPS) is 15.9. The van der Waals surface area contributed by atoms with Crippen LogP contribution in [0.4, 0.5) is 0 Å². The molecule has 5 heteroatoms. The van der Waals surface area contributed by atoms with Gasteiger partial charge in [0, 0.05) is 26.7 Å². The van der Waals surface area contributed by atoms with Gasteiger partial charge in [-0.3, -0.25) is 4.99 Å². The highest BCUT2D eigenvalue weighted by Crippen LogP contribution is 2.15. The molecular formula is C18H30IN3O. The van der Waals surface area contributed by atoms with Gasteiger partial charge in [0.15, 0.2) is 5.96 Å². The number of rotatable bonds is 6. The van der Waals surface area contributed by atoms with E-state index in [0.29, 0.717) is 0 Å². The Kier molecular flexibility index (Phi) is 10.1. The number of para-hydroxylation sites is 1. The smallest absolute Gasteiger partial charge is 0.193 e. The van der Waals surface area contributed by atoms with Crippen LogP contribution >= 0.6 is 24.0 Å². The van der Waals surface area contributed by atoms with Crippen LogP contribution in [-0.4, -0.2) is 44.1 Å². The van der Waals surface area contributed by atoms with E-state index < -0.39 is 0 Å². The summed E-state index contributed by atoms with van der Waals surface area (Å²) < 4.78 is 5.70. The maximum Gasteiger partial charge on any atom is 0.193 e. The number of piperidine rings is 1. The molecule has 0 spiro atoms. The molecule has 0 radical (unpaired) electrons. The van der Waals surface area contributed by atoms with E-state index in [9.17, 15) is 0 Å². The number of ether oxygens (including phenoxy) is 1. The summed E-state index contributed by atoms with van der Waals surface area (Å²) in [6, 6.07) is 10.00. The second kappa shape index (κ2) is 11.5. The van der Waals surface area contributed by atoms with Crippen molar-refractivity contribution >= 4 is 29.9 Å². The lowest BCUT2D eigenvalue weighted by atomic mass is 10.00. The Morgan fingerprint density at radius 1 is 1.22 bits per heavy atom. The summed E-state index contributed by atoms with van der Waals surface area (Å²) in [5.74, 6) is 2.86. The maximum absolute atomic E-state index is 5.70. The minimum absolute atomic E-state index is 0. The number of halogens is 1. The van der Waals surface area contributed by atoms with Crippen molar-refractivity contribution in [2.75, 3.05) is 33.3 Å². The first kappa shape index (κ1) is 20.1. The van der Waals surface area contributed by atoms with Crippen molar-refractivity contribution in [2.24, 2.45) is 10.9 Å². The molecule has 0 atom stereocenters. The highest BCUT2D eigenvalue weighted by Gasteiger charge is 2.17. The zero-order valence-electron chi connectivity index (χ0n) is 14.3. The minimum atomic E-state index is 0. The molecule has 130 valence electrons. The second-order valence-corrected chi connectivity index (χ2v) is 6.01. The molecule has 1 heterocycles. The molecule has 0 saturated carbocycles. The maximum atomic E-state index is 5.70. The average Bonchev–Trinajstić information content (AvgIpc) is 2.56. The number of benzene rings is 1. The number of guanidine groups is 1. The van der Waals surface area contributed by atoms with Gasteiger partial charge < -0.3 is 15.0 Å². The van der Waals surface area contributed by atoms with Crippen LogP contribution in [-0.2, 0) is 0 Å². The van der Waals surface area contributed by atoms with Crippen molar-refractivity contribution in [1.29, 1.82) is 0 Å². The first-order chi connectivity index (χ1) is 10.8. The Labute approximate surface area is 157 Å². The average molecular weight is 431 g/mol. The van der Waals surface area contributed by atoms with Crippen LogP contribution in [0, 0.1) is 5.92 Å². The highest BCUT2D eigenvalue weighted by molar-refractivity contribution is 14.0. The summed E-state index contributed by atoms with van der Waals surface area (Å²) in [6.07, 6.45) is 4.68. The molecule has 4 nitrogen and oxygen atoms in total. The standard InChI is InChI=1S/C18H29N3O.HI/c1-16-10-13-21(14-11-16)18(19-2)20-12-6-7-15-22-17-8-4-3-5-9-17;/h3-5,8-9,16H,6-7,10-15H2,1-2H3,(H,19,20);1H. The lowest BCUT2D eigenvalue weighted by molar-refractivity contribution is 0.272. The Balaban J connectivity index is 0.00000264. The van der Waals surface area contributed by atoms with Gasteiger partial charge in [-0.05, 0) is 43.7 Å². The van der Waals surface area contributed by atoms with E-state index in [1.807, 2.05) is 37.4 Å². The largest absolute Gasteiger partial charge is 0.494 e. The molecule has 0 aromatic heterocycles. The number of aliphatic imine (C=N–C) groups is 1. The fourth-order valence-corrected chi connectivity index (χ4v) is 2.69. The number of nitrogens with zero attached hydrogens (tertiary/aromatic N) is 2. The third-order valence-corrected chi connectivity index (χ3v) is 4.16. The number of nitrogens with one attached hydrogen (secondary N) is 1. The summed E-state index contributed by atoms with van der Waals surface area (Å²) in [5.41, 5.74) is 0. The third-order valence-electron chi connectivity index (χ3n) is 4.16. The van der Waals surface area contributed by atoms with Crippen LogP contribution in [0.15, 0.2) is 35.3 Å². The quantitative estimate of drug-likeness (QED) is 0.323. The lowest BCUT2D eigenvalue weighted by Gasteiger charge is -2.32. The minimum Gasteiger partial charge on any atom is -0.494 e. The van der Waals surface area contributed by atoms with Gasteiger partial charge in [0.2, 0.25) is 0 Å². The number of hydrogen-bond acceptors (Lipinski definition) is 2. The monoisotopic (exact) mass is 431 g/mol. The molecule has 1 aliphatic rings. The van der Waals surface area contributed by atoms with Gasteiger partial charge in [-0.1, -0.05) is 25.1 Å². The van der Waals surface area contributed by atoms with Crippen LogP contribution in [0.5, 0.6) is 5.75 Å². The lowest BCUT2D eigenvalue weighted by Crippen LogP contribution is -2.45. The van der Waals surface area contributed by atoms with Crippen molar-refractivity contribution in [3.05, 3.63) is 30.3 Å². The number of unbranched alkanes of at least 4 members (excludes halogenated alkanes) is 1. The van der Waals surface area contributed by atoms with Crippen LogP contribution in [0.2, 0.25) is 0 Å². The van der Waals surface area contributed by atoms with Gasteiger partial charge in [0.25, 0.3) is 0 Å². The van der Waals surface area contributed by atoms with Gasteiger partial charge in [-0.25, -0.2) is 0 Å². The van der Waals surface area contributed by atoms with Gasteiger partial charge >= 0.3 is 0 Å². The Bertz CT molecular complexity index is 445. The van der Waals surface area contributed by atoms with Crippen LogP contribution in [0.3, 0.4) is 0 Å². The van der Waals surface area contributed by atoms with E-state index in [1.54, 1.807) is 0 Å². The summed E-state index contributed by atoms with van der Waals surface area (Å²) in [4.78, 5) is 6.78. The van der Waals surface area contributed by atoms with E-state index in [-0.39, 0.29) is 24.0 Å². The molecule has 1 N–H and O–H groups in total. The SMILES string of the molecule is CN=C(NCCCCOc1ccccc1)N1CCC(C)CC1.I. The summed E-state index contributed by atoms with van der Waals surface area (Å²) in [7, 11) is 1.87. The fraction of sp³-hybridized carbons (Fsp3) is 0.611. The molecule has 0 aliphatic carbocycles. The van der Waals surface area contributed by atoms with Crippen LogP contribution in [0.25, 0.3) is 0 Å². The molecule has 23 heavy (non-hydrogen) atoms. The molecule has 0 amide bonds. The molecule has 1 saturated heterocycles. The Morgan fingerprint density at radius 3 is 2.57 bits per heavy atom. The first-order valence-corrected chi connectivity index (χ1v) is 8.43.